The van der Waals surface area contributed by atoms with E-state index in [9.17, 15) is 5.26 Å². The van der Waals surface area contributed by atoms with E-state index in [1.165, 1.54) is 5.69 Å². The van der Waals surface area contributed by atoms with E-state index in [0.29, 0.717) is 5.57 Å². The number of hydrogen-bond donors (Lipinski definition) is 1. The fourth-order valence-electron chi connectivity index (χ4n) is 2.62. The normalized spacial score (nSPS) is 16.8. The lowest BCUT2D eigenvalue weighted by Crippen LogP contribution is -2.31. The average Bonchev–Trinajstić information content (AvgIpc) is 2.74. The van der Waals surface area contributed by atoms with Crippen LogP contribution in [0.3, 0.4) is 0 Å². The van der Waals surface area contributed by atoms with Gasteiger partial charge in [-0.1, -0.05) is 30.4 Å². The minimum absolute atomic E-state index is 0.180. The van der Waals surface area contributed by atoms with E-state index in [-0.39, 0.29) is 4.99 Å². The molecule has 1 aromatic rings. The van der Waals surface area contributed by atoms with Crippen LogP contribution in [-0.4, -0.2) is 36.1 Å². The van der Waals surface area contributed by atoms with Crippen LogP contribution in [0.15, 0.2) is 41.6 Å². The van der Waals surface area contributed by atoms with Crippen molar-refractivity contribution in [2.45, 2.75) is 13.3 Å². The summed E-state index contributed by atoms with van der Waals surface area (Å²) < 4.78 is 0. The Bertz CT molecular complexity index is 574. The van der Waals surface area contributed by atoms with Gasteiger partial charge in [0.2, 0.25) is 0 Å². The molecule has 2 N–H and O–H groups in total. The number of anilines is 1. The van der Waals surface area contributed by atoms with Crippen molar-refractivity contribution in [1.82, 2.24) is 4.90 Å². The van der Waals surface area contributed by atoms with E-state index in [4.69, 9.17) is 18.0 Å². The van der Waals surface area contributed by atoms with Crippen LogP contribution in [0.2, 0.25) is 0 Å². The molecule has 1 heterocycles. The Morgan fingerprint density at radius 1 is 1.19 bits per heavy atom. The second-order valence-electron chi connectivity index (χ2n) is 5.10. The smallest absolute Gasteiger partial charge is 0.116 e. The molecule has 2 rings (SSSR count). The molecule has 110 valence electrons. The highest BCUT2D eigenvalue weighted by Crippen LogP contribution is 2.18. The fourth-order valence-corrected chi connectivity index (χ4v) is 2.82. The number of rotatable bonds is 3. The van der Waals surface area contributed by atoms with Gasteiger partial charge in [-0.05, 0) is 25.5 Å². The molecule has 4 nitrogen and oxygen atoms in total. The highest BCUT2D eigenvalue weighted by atomic mass is 32.1. The summed E-state index contributed by atoms with van der Waals surface area (Å²) in [6.45, 7) is 5.66. The lowest BCUT2D eigenvalue weighted by Gasteiger charge is -2.25. The lowest BCUT2D eigenvalue weighted by atomic mass is 10.2. The number of allylic oxidation sites excluding steroid dienone is 1. The van der Waals surface area contributed by atoms with Crippen LogP contribution < -0.4 is 10.6 Å². The number of benzene rings is 1. The molecule has 0 aliphatic carbocycles. The Kier molecular flexibility index (Phi) is 5.18. The van der Waals surface area contributed by atoms with Crippen molar-refractivity contribution >= 4 is 22.9 Å². The second-order valence-corrected chi connectivity index (χ2v) is 5.54. The number of nitriles is 1. The molecule has 0 amide bonds. The summed E-state index contributed by atoms with van der Waals surface area (Å²) in [5.41, 5.74) is 8.19. The largest absolute Gasteiger partial charge is 0.389 e. The van der Waals surface area contributed by atoms with E-state index >= 15 is 0 Å². The average molecular weight is 300 g/mol. The maximum absolute atomic E-state index is 9.19. The van der Waals surface area contributed by atoms with Crippen molar-refractivity contribution in [2.24, 2.45) is 5.73 Å². The predicted molar refractivity (Wildman–Crippen MR) is 89.9 cm³/mol. The maximum atomic E-state index is 9.19. The van der Waals surface area contributed by atoms with E-state index in [0.717, 1.165) is 38.3 Å². The molecule has 5 heteroatoms. The molecule has 0 atom stereocenters. The molecule has 0 bridgehead atoms. The fraction of sp³-hybridized carbons (Fsp3) is 0.375. The summed E-state index contributed by atoms with van der Waals surface area (Å²) in [6, 6.07) is 12.5. The lowest BCUT2D eigenvalue weighted by molar-refractivity contribution is 0.369. The van der Waals surface area contributed by atoms with Crippen molar-refractivity contribution in [3.63, 3.8) is 0 Å². The first-order valence-corrected chi connectivity index (χ1v) is 7.50. The van der Waals surface area contributed by atoms with Crippen molar-refractivity contribution < 1.29 is 0 Å². The Morgan fingerprint density at radius 2 is 1.90 bits per heavy atom. The Morgan fingerprint density at radius 3 is 2.52 bits per heavy atom. The molecule has 0 unspecified atom stereocenters. The third-order valence-corrected chi connectivity index (χ3v) is 4.02. The molecular weight excluding hydrogens is 280 g/mol. The Labute approximate surface area is 131 Å². The molecule has 0 radical (unpaired) electrons. The van der Waals surface area contributed by atoms with Crippen LogP contribution in [0.25, 0.3) is 0 Å². The topological polar surface area (TPSA) is 56.3 Å². The molecule has 1 aliphatic rings. The van der Waals surface area contributed by atoms with Gasteiger partial charge >= 0.3 is 0 Å². The van der Waals surface area contributed by atoms with Crippen LogP contribution >= 0.6 is 12.2 Å². The summed E-state index contributed by atoms with van der Waals surface area (Å²) >= 11 is 4.96. The maximum Gasteiger partial charge on any atom is 0.116 e. The number of para-hydroxylation sites is 1. The number of nitrogens with zero attached hydrogens (tertiary/aromatic N) is 3. The zero-order valence-electron chi connectivity index (χ0n) is 12.2. The summed E-state index contributed by atoms with van der Waals surface area (Å²) in [6.07, 6.45) is 1.04. The highest BCUT2D eigenvalue weighted by Gasteiger charge is 2.18. The van der Waals surface area contributed by atoms with Crippen molar-refractivity contribution in [3.05, 3.63) is 41.6 Å². The first kappa shape index (κ1) is 15.3. The van der Waals surface area contributed by atoms with Crippen LogP contribution in [-0.2, 0) is 0 Å². The summed E-state index contributed by atoms with van der Waals surface area (Å²) in [5, 5.41) is 9.19. The Hall–Kier alpha value is -2.06. The van der Waals surface area contributed by atoms with Gasteiger partial charge in [-0.15, -0.1) is 0 Å². The van der Waals surface area contributed by atoms with Gasteiger partial charge in [0.05, 0.1) is 0 Å². The zero-order valence-corrected chi connectivity index (χ0v) is 13.1. The first-order valence-electron chi connectivity index (χ1n) is 7.09. The van der Waals surface area contributed by atoms with Crippen LogP contribution in [0, 0.1) is 11.3 Å². The highest BCUT2D eigenvalue weighted by molar-refractivity contribution is 7.80. The van der Waals surface area contributed by atoms with Crippen molar-refractivity contribution in [3.8, 4) is 6.07 Å². The molecule has 0 spiro atoms. The zero-order chi connectivity index (χ0) is 15.2. The van der Waals surface area contributed by atoms with Crippen LogP contribution in [0.1, 0.15) is 13.3 Å². The van der Waals surface area contributed by atoms with E-state index in [2.05, 4.69) is 40.1 Å². The van der Waals surface area contributed by atoms with E-state index in [1.54, 1.807) is 0 Å². The SMILES string of the molecule is CC(=C(C#N)C(N)=S)N1CCCN(c2ccccc2)CC1. The van der Waals surface area contributed by atoms with Gasteiger partial charge in [0.1, 0.15) is 16.6 Å². The van der Waals surface area contributed by atoms with Gasteiger partial charge in [0.25, 0.3) is 0 Å². The van der Waals surface area contributed by atoms with Crippen LogP contribution in [0.5, 0.6) is 0 Å². The molecular formula is C16H20N4S. The summed E-state index contributed by atoms with van der Waals surface area (Å²) in [4.78, 5) is 4.76. The summed E-state index contributed by atoms with van der Waals surface area (Å²) in [5.74, 6) is 0. The van der Waals surface area contributed by atoms with Gasteiger partial charge in [0, 0.05) is 37.6 Å². The molecule has 1 fully saturated rings. The van der Waals surface area contributed by atoms with Gasteiger partial charge in [0.15, 0.2) is 0 Å². The molecule has 21 heavy (non-hydrogen) atoms. The van der Waals surface area contributed by atoms with E-state index < -0.39 is 0 Å². The number of thiocarbonyl (C=S) groups is 1. The first-order chi connectivity index (χ1) is 10.1. The minimum Gasteiger partial charge on any atom is -0.389 e. The standard InChI is InChI=1S/C16H20N4S/c1-13(15(12-17)16(18)21)19-8-5-9-20(11-10-19)14-6-3-2-4-7-14/h2-4,6-7H,5,8-11H2,1H3,(H2,18,21). The monoisotopic (exact) mass is 300 g/mol. The van der Waals surface area contributed by atoms with Gasteiger partial charge in [-0.2, -0.15) is 5.26 Å². The molecule has 0 saturated carbocycles. The molecule has 1 saturated heterocycles. The van der Waals surface area contributed by atoms with Crippen LogP contribution in [0.4, 0.5) is 5.69 Å². The van der Waals surface area contributed by atoms with Crippen molar-refractivity contribution in [1.29, 1.82) is 5.26 Å². The molecule has 1 aliphatic heterocycles. The second kappa shape index (κ2) is 7.09. The Balaban J connectivity index is 2.11. The van der Waals surface area contributed by atoms with Gasteiger partial charge in [-0.25, -0.2) is 0 Å². The number of hydrogen-bond acceptors (Lipinski definition) is 4. The predicted octanol–water partition coefficient (Wildman–Crippen LogP) is 2.28. The quantitative estimate of drug-likeness (QED) is 0.527. The molecule has 1 aromatic carbocycles. The number of nitrogens with two attached hydrogens (primary N) is 1. The van der Waals surface area contributed by atoms with E-state index in [1.807, 2.05) is 13.0 Å². The van der Waals surface area contributed by atoms with Gasteiger partial charge in [-0.3, -0.25) is 0 Å². The van der Waals surface area contributed by atoms with Crippen molar-refractivity contribution in [2.75, 3.05) is 31.1 Å². The summed E-state index contributed by atoms with van der Waals surface area (Å²) in [7, 11) is 0. The molecule has 0 aromatic heterocycles. The third kappa shape index (κ3) is 3.73. The third-order valence-electron chi connectivity index (χ3n) is 3.81. The minimum atomic E-state index is 0.180. The van der Waals surface area contributed by atoms with Gasteiger partial charge < -0.3 is 15.5 Å².